The molecule has 0 aromatic rings. The van der Waals surface area contributed by atoms with E-state index in [1.54, 1.807) is 27.7 Å². The average molecular weight is 428 g/mol. The molecule has 0 saturated carbocycles. The van der Waals surface area contributed by atoms with Gasteiger partial charge in [0.25, 0.3) is 5.91 Å². The number of β-lactam (4-membered cyclic amide) rings is 1. The van der Waals surface area contributed by atoms with Crippen LogP contribution >= 0.6 is 46.6 Å². The largest absolute Gasteiger partial charge is 0.455 e. The number of fused-ring (bicyclic) bond motifs is 1. The van der Waals surface area contributed by atoms with Crippen LogP contribution in [0.3, 0.4) is 0 Å². The van der Waals surface area contributed by atoms with E-state index >= 15 is 0 Å². The Bertz CT molecular complexity index is 641. The number of hydrogen-bond acceptors (Lipinski definition) is 5. The van der Waals surface area contributed by atoms with Gasteiger partial charge in [-0.1, -0.05) is 23.2 Å². The van der Waals surface area contributed by atoms with Gasteiger partial charge >= 0.3 is 5.97 Å². The Morgan fingerprint density at radius 1 is 1.44 bits per heavy atom. The van der Waals surface area contributed by atoms with Crippen LogP contribution in [0, 0.1) is 0 Å². The van der Waals surface area contributed by atoms with E-state index in [0.717, 1.165) is 5.57 Å². The van der Waals surface area contributed by atoms with Crippen LogP contribution in [-0.2, 0) is 14.3 Å². The molecular weight excluding hydrogens is 407 g/mol. The van der Waals surface area contributed by atoms with Crippen LogP contribution in [0.5, 0.6) is 0 Å². The topological polar surface area (TPSA) is 59.0 Å². The molecule has 2 rings (SSSR count). The predicted octanol–water partition coefficient (Wildman–Crippen LogP) is 3.76. The lowest BCUT2D eigenvalue weighted by molar-refractivity contribution is -0.157. The number of halogens is 3. The van der Waals surface area contributed by atoms with Gasteiger partial charge in [0.05, 0.1) is 5.38 Å². The van der Waals surface area contributed by atoms with Crippen LogP contribution in [0.25, 0.3) is 0 Å². The van der Waals surface area contributed by atoms with Crippen molar-refractivity contribution in [3.05, 3.63) is 11.3 Å². The molecule has 1 saturated heterocycles. The number of amides is 1. The molecule has 140 valence electrons. The number of ether oxygens (including phenoxy) is 1. The van der Waals surface area contributed by atoms with E-state index in [2.05, 4.69) is 4.99 Å². The monoisotopic (exact) mass is 426 g/mol. The molecule has 0 aliphatic carbocycles. The Morgan fingerprint density at radius 2 is 2.04 bits per heavy atom. The number of carbonyl (C=O) groups is 2. The van der Waals surface area contributed by atoms with E-state index in [0.29, 0.717) is 11.4 Å². The highest BCUT2D eigenvalue weighted by molar-refractivity contribution is 8.00. The van der Waals surface area contributed by atoms with Gasteiger partial charge in [0.1, 0.15) is 16.7 Å². The van der Waals surface area contributed by atoms with E-state index in [1.807, 2.05) is 6.92 Å². The van der Waals surface area contributed by atoms with Gasteiger partial charge in [0.2, 0.25) is 0 Å². The van der Waals surface area contributed by atoms with E-state index in [4.69, 9.17) is 39.5 Å². The third-order valence-corrected chi connectivity index (χ3v) is 6.49. The highest BCUT2D eigenvalue weighted by Gasteiger charge is 2.53. The normalized spacial score (nSPS) is 25.8. The number of esters is 1. The maximum Gasteiger partial charge on any atom is 0.355 e. The van der Waals surface area contributed by atoms with E-state index in [-0.39, 0.29) is 11.3 Å². The summed E-state index contributed by atoms with van der Waals surface area (Å²) in [4.78, 5) is 30.7. The molecule has 2 aliphatic rings. The van der Waals surface area contributed by atoms with Crippen molar-refractivity contribution in [3.63, 3.8) is 0 Å². The quantitative estimate of drug-likeness (QED) is 0.297. The van der Waals surface area contributed by atoms with Crippen molar-refractivity contribution in [2.45, 2.75) is 61.3 Å². The maximum atomic E-state index is 12.5. The van der Waals surface area contributed by atoms with Gasteiger partial charge in [-0.15, -0.1) is 23.4 Å². The summed E-state index contributed by atoms with van der Waals surface area (Å²) in [5, 5.41) is -0.839. The molecule has 1 fully saturated rings. The summed E-state index contributed by atoms with van der Waals surface area (Å²) in [7, 11) is 0. The van der Waals surface area contributed by atoms with Gasteiger partial charge in [-0.2, -0.15) is 0 Å². The van der Waals surface area contributed by atoms with Crippen LogP contribution in [-0.4, -0.2) is 55.5 Å². The summed E-state index contributed by atoms with van der Waals surface area (Å²) in [5.41, 5.74) is 0.483. The number of carbonyl (C=O) groups excluding carboxylic acids is 2. The number of thioether (sulfide) groups is 1. The average Bonchev–Trinajstić information content (AvgIpc) is 2.45. The van der Waals surface area contributed by atoms with Crippen LogP contribution in [0.15, 0.2) is 16.3 Å². The standard InChI is InChI=1S/C16H21Cl3N2O3S/c1-8-6-25-13-10(20-7-16(18,19)9(2)17)12(22)21(13)11(8)14(23)24-15(3,4)5/h7,9-10,13H,6H2,1-5H3/t9?,10-,13+/m1/s1. The molecule has 0 bridgehead atoms. The Balaban J connectivity index is 2.19. The van der Waals surface area contributed by atoms with Crippen molar-refractivity contribution >= 4 is 64.7 Å². The molecule has 9 heteroatoms. The van der Waals surface area contributed by atoms with Crippen LogP contribution < -0.4 is 0 Å². The minimum atomic E-state index is -1.36. The molecule has 3 atom stereocenters. The van der Waals surface area contributed by atoms with Crippen molar-refractivity contribution in [2.24, 2.45) is 4.99 Å². The zero-order valence-corrected chi connectivity index (χ0v) is 17.8. The van der Waals surface area contributed by atoms with E-state index in [1.165, 1.54) is 22.9 Å². The highest BCUT2D eigenvalue weighted by atomic mass is 35.5. The maximum absolute atomic E-state index is 12.5. The fourth-order valence-corrected chi connectivity index (χ4v) is 3.81. The molecule has 0 aromatic carbocycles. The van der Waals surface area contributed by atoms with E-state index in [9.17, 15) is 9.59 Å². The fraction of sp³-hybridized carbons (Fsp3) is 0.688. The minimum Gasteiger partial charge on any atom is -0.455 e. The smallest absolute Gasteiger partial charge is 0.355 e. The van der Waals surface area contributed by atoms with Crippen LogP contribution in [0.2, 0.25) is 0 Å². The molecule has 0 radical (unpaired) electrons. The number of rotatable bonds is 4. The third-order valence-electron chi connectivity index (χ3n) is 3.66. The lowest BCUT2D eigenvalue weighted by Gasteiger charge is -2.48. The molecule has 2 aliphatic heterocycles. The molecule has 1 unspecified atom stereocenters. The molecule has 0 spiro atoms. The van der Waals surface area contributed by atoms with Crippen molar-refractivity contribution in [1.82, 2.24) is 4.90 Å². The molecule has 25 heavy (non-hydrogen) atoms. The van der Waals surface area contributed by atoms with Crippen molar-refractivity contribution in [2.75, 3.05) is 5.75 Å². The molecular formula is C16H21Cl3N2O3S. The lowest BCUT2D eigenvalue weighted by atomic mass is 10.0. The zero-order valence-electron chi connectivity index (χ0n) is 14.7. The molecule has 0 N–H and O–H groups in total. The Hall–Kier alpha value is -0.430. The molecule has 0 aromatic heterocycles. The first-order valence-electron chi connectivity index (χ1n) is 7.79. The zero-order chi connectivity index (χ0) is 19.2. The lowest BCUT2D eigenvalue weighted by Crippen LogP contribution is -2.64. The summed E-state index contributed by atoms with van der Waals surface area (Å²) in [5.74, 6) is -0.155. The first-order chi connectivity index (χ1) is 11.3. The number of aliphatic imine (C=N–C) groups is 1. The highest BCUT2D eigenvalue weighted by Crippen LogP contribution is 2.42. The Kier molecular flexibility index (Phi) is 6.09. The van der Waals surface area contributed by atoms with Crippen LogP contribution in [0.1, 0.15) is 34.6 Å². The van der Waals surface area contributed by atoms with Crippen molar-refractivity contribution in [1.29, 1.82) is 0 Å². The van der Waals surface area contributed by atoms with Gasteiger partial charge in [0, 0.05) is 12.0 Å². The van der Waals surface area contributed by atoms with Crippen LogP contribution in [0.4, 0.5) is 0 Å². The van der Waals surface area contributed by atoms with E-state index < -0.39 is 27.3 Å². The van der Waals surface area contributed by atoms with Gasteiger partial charge in [0.15, 0.2) is 10.4 Å². The number of alkyl halides is 3. The van der Waals surface area contributed by atoms with Gasteiger partial charge < -0.3 is 4.74 Å². The van der Waals surface area contributed by atoms with Crippen molar-refractivity contribution < 1.29 is 14.3 Å². The van der Waals surface area contributed by atoms with Gasteiger partial charge in [-0.05, 0) is 40.2 Å². The second-order valence-corrected chi connectivity index (χ2v) is 10.3. The predicted molar refractivity (Wildman–Crippen MR) is 104 cm³/mol. The van der Waals surface area contributed by atoms with Gasteiger partial charge in [-0.25, -0.2) is 4.79 Å². The second kappa shape index (κ2) is 7.29. The molecule has 5 nitrogen and oxygen atoms in total. The summed E-state index contributed by atoms with van der Waals surface area (Å²) < 4.78 is 4.07. The summed E-state index contributed by atoms with van der Waals surface area (Å²) in [6, 6.07) is -0.636. The minimum absolute atomic E-state index is 0.273. The van der Waals surface area contributed by atoms with Gasteiger partial charge in [-0.3, -0.25) is 14.7 Å². The summed E-state index contributed by atoms with van der Waals surface area (Å²) >= 11 is 19.6. The first-order valence-corrected chi connectivity index (χ1v) is 10.0. The second-order valence-electron chi connectivity index (χ2n) is 7.05. The Labute approximate surface area is 167 Å². The number of hydrogen-bond donors (Lipinski definition) is 0. The number of nitrogens with zero attached hydrogens (tertiary/aromatic N) is 2. The first kappa shape index (κ1) is 20.9. The van der Waals surface area contributed by atoms with Crippen molar-refractivity contribution in [3.8, 4) is 0 Å². The third kappa shape index (κ3) is 4.46. The SMILES string of the molecule is CC1=C(C(=O)OC(C)(C)C)N2C(=O)[C@@H](N=CC(Cl)(Cl)C(C)Cl)[C@@H]2SC1. The Morgan fingerprint density at radius 3 is 2.56 bits per heavy atom. The molecule has 2 heterocycles. The summed E-state index contributed by atoms with van der Waals surface area (Å²) in [6.07, 6.45) is 1.30. The molecule has 1 amide bonds. The summed E-state index contributed by atoms with van der Waals surface area (Å²) in [6.45, 7) is 8.83. The fourth-order valence-electron chi connectivity index (χ4n) is 2.36.